The molecule has 2 saturated heterocycles. The summed E-state index contributed by atoms with van der Waals surface area (Å²) in [6.45, 7) is 1.03. The molecule has 2 aliphatic heterocycles. The van der Waals surface area contributed by atoms with Gasteiger partial charge in [0.05, 0.1) is 6.26 Å². The topological polar surface area (TPSA) is 120 Å². The van der Waals surface area contributed by atoms with Gasteiger partial charge in [-0.05, 0) is 31.2 Å². The molecule has 2 fully saturated rings. The van der Waals surface area contributed by atoms with Crippen molar-refractivity contribution in [2.75, 3.05) is 32.7 Å². The number of amides is 4. The molecule has 1 N–H and O–H groups in total. The first kappa shape index (κ1) is 22.0. The number of imide groups is 1. The molecule has 3 heterocycles. The zero-order chi connectivity index (χ0) is 23.1. The fourth-order valence-electron chi connectivity index (χ4n) is 3.78. The minimum atomic E-state index is -4.04. The van der Waals surface area contributed by atoms with Gasteiger partial charge in [0, 0.05) is 26.2 Å². The smallest absolute Gasteiger partial charge is 0.325 e. The van der Waals surface area contributed by atoms with Gasteiger partial charge in [0.15, 0.2) is 5.54 Å². The molecule has 2 aliphatic rings. The lowest BCUT2D eigenvalue weighted by atomic mass is 9.99. The van der Waals surface area contributed by atoms with Crippen molar-refractivity contribution in [2.24, 2.45) is 0 Å². The summed E-state index contributed by atoms with van der Waals surface area (Å²) in [6.07, 6.45) is 1.38. The minimum Gasteiger partial charge on any atom is -0.466 e. The molecule has 1 unspecified atom stereocenters. The van der Waals surface area contributed by atoms with E-state index in [1.807, 2.05) is 0 Å². The number of nitrogens with one attached hydrogen (secondary N) is 1. The van der Waals surface area contributed by atoms with Crippen molar-refractivity contribution in [2.45, 2.75) is 17.4 Å². The Morgan fingerprint density at radius 2 is 1.81 bits per heavy atom. The standard InChI is InChI=1S/C20H21FN4O6S/c1-20(16-7-4-12-31-16)18(27)25(19(28)22-20)13-17(26)23-8-10-24(11-9-23)32(29,30)15-6-3-2-5-14(15)21/h2-7,12H,8-11,13H2,1H3,(H,22,28). The van der Waals surface area contributed by atoms with Crippen molar-refractivity contribution in [3.63, 3.8) is 0 Å². The second kappa shape index (κ2) is 8.02. The van der Waals surface area contributed by atoms with E-state index < -0.39 is 50.7 Å². The molecule has 10 nitrogen and oxygen atoms in total. The highest BCUT2D eigenvalue weighted by atomic mass is 32.2. The van der Waals surface area contributed by atoms with Gasteiger partial charge in [-0.15, -0.1) is 0 Å². The van der Waals surface area contributed by atoms with Crippen LogP contribution in [0.5, 0.6) is 0 Å². The maximum absolute atomic E-state index is 14.0. The van der Waals surface area contributed by atoms with Gasteiger partial charge in [-0.1, -0.05) is 12.1 Å². The summed E-state index contributed by atoms with van der Waals surface area (Å²) in [5.41, 5.74) is -1.41. The number of carbonyl (C=O) groups is 3. The van der Waals surface area contributed by atoms with Gasteiger partial charge in [-0.3, -0.25) is 14.5 Å². The average Bonchev–Trinajstić information content (AvgIpc) is 3.38. The number of rotatable bonds is 5. The van der Waals surface area contributed by atoms with Crippen molar-refractivity contribution in [1.29, 1.82) is 0 Å². The van der Waals surface area contributed by atoms with E-state index in [4.69, 9.17) is 4.42 Å². The Kier molecular flexibility index (Phi) is 5.51. The van der Waals surface area contributed by atoms with Gasteiger partial charge in [0.2, 0.25) is 15.9 Å². The van der Waals surface area contributed by atoms with E-state index in [-0.39, 0.29) is 31.9 Å². The van der Waals surface area contributed by atoms with Crippen LogP contribution >= 0.6 is 0 Å². The summed E-state index contributed by atoms with van der Waals surface area (Å²) in [6, 6.07) is 7.52. The monoisotopic (exact) mass is 464 g/mol. The first-order valence-corrected chi connectivity index (χ1v) is 11.3. The quantitative estimate of drug-likeness (QED) is 0.651. The third-order valence-electron chi connectivity index (χ3n) is 5.63. The van der Waals surface area contributed by atoms with Crippen molar-refractivity contribution in [3.8, 4) is 0 Å². The molecule has 1 aromatic carbocycles. The van der Waals surface area contributed by atoms with E-state index in [0.29, 0.717) is 0 Å². The largest absolute Gasteiger partial charge is 0.466 e. The van der Waals surface area contributed by atoms with Crippen LogP contribution in [0.15, 0.2) is 52.0 Å². The summed E-state index contributed by atoms with van der Waals surface area (Å²) in [5, 5.41) is 2.54. The number of carbonyl (C=O) groups excluding carboxylic acids is 3. The fraction of sp³-hybridized carbons (Fsp3) is 0.350. The van der Waals surface area contributed by atoms with E-state index in [1.165, 1.54) is 36.3 Å². The van der Waals surface area contributed by atoms with E-state index >= 15 is 0 Å². The highest BCUT2D eigenvalue weighted by Gasteiger charge is 2.51. The summed E-state index contributed by atoms with van der Waals surface area (Å²) in [7, 11) is -4.04. The van der Waals surface area contributed by atoms with Crippen LogP contribution in [0.1, 0.15) is 12.7 Å². The molecule has 2 aromatic rings. The first-order valence-electron chi connectivity index (χ1n) is 9.85. The normalized spacial score (nSPS) is 22.3. The molecule has 0 saturated carbocycles. The van der Waals surface area contributed by atoms with E-state index in [9.17, 15) is 27.2 Å². The number of benzene rings is 1. The Bertz CT molecular complexity index is 1160. The lowest BCUT2D eigenvalue weighted by molar-refractivity contribution is -0.139. The van der Waals surface area contributed by atoms with Gasteiger partial charge < -0.3 is 14.6 Å². The summed E-state index contributed by atoms with van der Waals surface area (Å²) in [4.78, 5) is 39.6. The van der Waals surface area contributed by atoms with Crippen LogP contribution < -0.4 is 5.32 Å². The molecule has 1 aromatic heterocycles. The Hall–Kier alpha value is -3.25. The number of hydrogen-bond acceptors (Lipinski definition) is 6. The first-order chi connectivity index (χ1) is 15.1. The number of nitrogens with zero attached hydrogens (tertiary/aromatic N) is 3. The van der Waals surface area contributed by atoms with E-state index in [0.717, 1.165) is 15.3 Å². The Morgan fingerprint density at radius 1 is 1.12 bits per heavy atom. The minimum absolute atomic E-state index is 0.0351. The Morgan fingerprint density at radius 3 is 2.44 bits per heavy atom. The van der Waals surface area contributed by atoms with Crippen LogP contribution in [0.3, 0.4) is 0 Å². The van der Waals surface area contributed by atoms with Gasteiger partial charge in [-0.2, -0.15) is 4.31 Å². The molecule has 32 heavy (non-hydrogen) atoms. The fourth-order valence-corrected chi connectivity index (χ4v) is 5.26. The molecule has 0 bridgehead atoms. The van der Waals surface area contributed by atoms with Crippen LogP contribution in [0.2, 0.25) is 0 Å². The lowest BCUT2D eigenvalue weighted by Gasteiger charge is -2.34. The average molecular weight is 464 g/mol. The van der Waals surface area contributed by atoms with Crippen LogP contribution in [0.25, 0.3) is 0 Å². The second-order valence-electron chi connectivity index (χ2n) is 7.64. The SMILES string of the molecule is CC1(c2ccco2)NC(=O)N(CC(=O)N2CCN(S(=O)(=O)c3ccccc3F)CC2)C1=O. The van der Waals surface area contributed by atoms with Crippen molar-refractivity contribution < 1.29 is 31.6 Å². The molecule has 0 radical (unpaired) electrons. The van der Waals surface area contributed by atoms with Gasteiger partial charge in [0.25, 0.3) is 5.91 Å². The molecule has 12 heteroatoms. The molecule has 0 aliphatic carbocycles. The van der Waals surface area contributed by atoms with Gasteiger partial charge in [-0.25, -0.2) is 17.6 Å². The predicted molar refractivity (Wildman–Crippen MR) is 108 cm³/mol. The molecular weight excluding hydrogens is 443 g/mol. The highest BCUT2D eigenvalue weighted by Crippen LogP contribution is 2.29. The maximum atomic E-state index is 14.0. The van der Waals surface area contributed by atoms with Crippen molar-refractivity contribution in [1.82, 2.24) is 19.4 Å². The zero-order valence-corrected chi connectivity index (χ0v) is 18.0. The number of sulfonamides is 1. The summed E-state index contributed by atoms with van der Waals surface area (Å²) < 4.78 is 45.7. The third kappa shape index (κ3) is 3.65. The van der Waals surface area contributed by atoms with Crippen LogP contribution in [-0.2, 0) is 25.2 Å². The molecule has 4 amide bonds. The Balaban J connectivity index is 1.40. The molecule has 1 atom stereocenters. The highest BCUT2D eigenvalue weighted by molar-refractivity contribution is 7.89. The van der Waals surface area contributed by atoms with Gasteiger partial charge in [0.1, 0.15) is 23.0 Å². The number of halogens is 1. The van der Waals surface area contributed by atoms with E-state index in [1.54, 1.807) is 12.1 Å². The molecule has 0 spiro atoms. The maximum Gasteiger partial charge on any atom is 0.325 e. The zero-order valence-electron chi connectivity index (χ0n) is 17.2. The number of piperazine rings is 1. The Labute approximate surface area is 183 Å². The van der Waals surface area contributed by atoms with Crippen LogP contribution in [0.4, 0.5) is 9.18 Å². The molecule has 4 rings (SSSR count). The lowest BCUT2D eigenvalue weighted by Crippen LogP contribution is -2.53. The van der Waals surface area contributed by atoms with Crippen molar-refractivity contribution in [3.05, 3.63) is 54.2 Å². The van der Waals surface area contributed by atoms with Gasteiger partial charge >= 0.3 is 6.03 Å². The third-order valence-corrected chi connectivity index (χ3v) is 7.56. The number of furan rings is 1. The predicted octanol–water partition coefficient (Wildman–Crippen LogP) is 0.719. The molecular formula is C20H21FN4O6S. The van der Waals surface area contributed by atoms with Crippen LogP contribution in [0, 0.1) is 5.82 Å². The van der Waals surface area contributed by atoms with E-state index in [2.05, 4.69) is 5.32 Å². The summed E-state index contributed by atoms with van der Waals surface area (Å²) >= 11 is 0. The van der Waals surface area contributed by atoms with Crippen LogP contribution in [-0.4, -0.2) is 73.1 Å². The van der Waals surface area contributed by atoms with Crippen molar-refractivity contribution >= 4 is 27.9 Å². The molecule has 170 valence electrons. The summed E-state index contributed by atoms with van der Waals surface area (Å²) in [5.74, 6) is -1.71. The number of urea groups is 1. The second-order valence-corrected chi connectivity index (χ2v) is 9.55. The number of hydrogen-bond donors (Lipinski definition) is 1.